The van der Waals surface area contributed by atoms with Crippen LogP contribution in [0, 0.1) is 6.92 Å². The molecule has 0 saturated heterocycles. The van der Waals surface area contributed by atoms with Crippen LogP contribution in [0.3, 0.4) is 0 Å². The molecular formula is C8H13N3O5S. The first-order chi connectivity index (χ1) is 7.88. The number of hydrogen-bond donors (Lipinski definition) is 3. The van der Waals surface area contributed by atoms with Crippen molar-refractivity contribution >= 4 is 10.0 Å². The SMILES string of the molecule is COCCNS(=O)(=O)c1c(C)[nH]c(=O)[nH]c1=O. The summed E-state index contributed by atoms with van der Waals surface area (Å²) in [6.07, 6.45) is 0. The number of aromatic nitrogens is 2. The maximum atomic E-state index is 11.8. The van der Waals surface area contributed by atoms with Crippen LogP contribution < -0.4 is 16.0 Å². The second kappa shape index (κ2) is 5.25. The van der Waals surface area contributed by atoms with Crippen molar-refractivity contribution in [1.29, 1.82) is 0 Å². The molecule has 17 heavy (non-hydrogen) atoms. The fourth-order valence-electron chi connectivity index (χ4n) is 1.26. The van der Waals surface area contributed by atoms with Gasteiger partial charge in [0.2, 0.25) is 10.0 Å². The number of hydrogen-bond acceptors (Lipinski definition) is 5. The summed E-state index contributed by atoms with van der Waals surface area (Å²) in [4.78, 5) is 25.9. The van der Waals surface area contributed by atoms with Crippen LogP contribution in [0.2, 0.25) is 0 Å². The number of ether oxygens (including phenoxy) is 1. The molecule has 0 spiro atoms. The van der Waals surface area contributed by atoms with E-state index in [2.05, 4.69) is 14.4 Å². The molecule has 1 heterocycles. The quantitative estimate of drug-likeness (QED) is 0.546. The monoisotopic (exact) mass is 263 g/mol. The molecule has 0 radical (unpaired) electrons. The second-order valence-electron chi connectivity index (χ2n) is 3.25. The van der Waals surface area contributed by atoms with Crippen LogP contribution in [0.15, 0.2) is 14.5 Å². The Morgan fingerprint density at radius 1 is 1.29 bits per heavy atom. The van der Waals surface area contributed by atoms with E-state index in [-0.39, 0.29) is 18.8 Å². The van der Waals surface area contributed by atoms with Crippen LogP contribution in [0.5, 0.6) is 0 Å². The van der Waals surface area contributed by atoms with E-state index in [0.717, 1.165) is 0 Å². The van der Waals surface area contributed by atoms with Gasteiger partial charge in [0, 0.05) is 19.3 Å². The Balaban J connectivity index is 3.16. The third-order valence-electron chi connectivity index (χ3n) is 1.94. The summed E-state index contributed by atoms with van der Waals surface area (Å²) in [7, 11) is -2.53. The van der Waals surface area contributed by atoms with E-state index in [1.54, 1.807) is 0 Å². The third-order valence-corrected chi connectivity index (χ3v) is 3.56. The highest BCUT2D eigenvalue weighted by Crippen LogP contribution is 2.03. The molecule has 0 aliphatic rings. The van der Waals surface area contributed by atoms with E-state index in [0.29, 0.717) is 0 Å². The van der Waals surface area contributed by atoms with Crippen molar-refractivity contribution in [3.8, 4) is 0 Å². The average molecular weight is 263 g/mol. The zero-order valence-electron chi connectivity index (χ0n) is 9.36. The molecule has 1 aromatic rings. The fourth-order valence-corrected chi connectivity index (χ4v) is 2.51. The molecular weight excluding hydrogens is 250 g/mol. The minimum atomic E-state index is -3.95. The fraction of sp³-hybridized carbons (Fsp3) is 0.500. The van der Waals surface area contributed by atoms with Crippen molar-refractivity contribution in [3.05, 3.63) is 26.5 Å². The maximum absolute atomic E-state index is 11.8. The lowest BCUT2D eigenvalue weighted by molar-refractivity contribution is 0.204. The molecule has 0 bridgehead atoms. The van der Waals surface area contributed by atoms with Crippen LogP contribution >= 0.6 is 0 Å². The van der Waals surface area contributed by atoms with Crippen LogP contribution in [-0.4, -0.2) is 38.6 Å². The van der Waals surface area contributed by atoms with Crippen LogP contribution in [0.25, 0.3) is 0 Å². The Morgan fingerprint density at radius 2 is 1.94 bits per heavy atom. The summed E-state index contributed by atoms with van der Waals surface area (Å²) in [6.45, 7) is 1.55. The van der Waals surface area contributed by atoms with Crippen LogP contribution in [0.4, 0.5) is 0 Å². The van der Waals surface area contributed by atoms with Crippen molar-refractivity contribution in [1.82, 2.24) is 14.7 Å². The minimum Gasteiger partial charge on any atom is -0.383 e. The molecule has 0 aromatic carbocycles. The van der Waals surface area contributed by atoms with Gasteiger partial charge in [-0.2, -0.15) is 0 Å². The Hall–Kier alpha value is -1.45. The van der Waals surface area contributed by atoms with Gasteiger partial charge in [0.15, 0.2) is 4.90 Å². The average Bonchev–Trinajstić information content (AvgIpc) is 2.15. The van der Waals surface area contributed by atoms with Gasteiger partial charge in [-0.1, -0.05) is 0 Å². The number of aryl methyl sites for hydroxylation is 1. The predicted molar refractivity (Wildman–Crippen MR) is 59.5 cm³/mol. The van der Waals surface area contributed by atoms with Crippen LogP contribution in [-0.2, 0) is 14.8 Å². The standard InChI is InChI=1S/C8H13N3O5S/c1-5-6(7(12)11-8(13)10-5)17(14,15)9-3-4-16-2/h9H,3-4H2,1-2H3,(H2,10,11,12,13). The summed E-state index contributed by atoms with van der Waals surface area (Å²) in [5.41, 5.74) is -1.71. The molecule has 3 N–H and O–H groups in total. The molecule has 0 aliphatic heterocycles. The Labute approximate surface area is 97.1 Å². The number of aromatic amines is 2. The number of H-pyrrole nitrogens is 2. The molecule has 1 rings (SSSR count). The lowest BCUT2D eigenvalue weighted by Crippen LogP contribution is -2.36. The van der Waals surface area contributed by atoms with E-state index in [4.69, 9.17) is 0 Å². The van der Waals surface area contributed by atoms with Gasteiger partial charge < -0.3 is 9.72 Å². The summed E-state index contributed by atoms with van der Waals surface area (Å²) in [5, 5.41) is 0. The van der Waals surface area contributed by atoms with Crippen molar-refractivity contribution in [3.63, 3.8) is 0 Å². The topological polar surface area (TPSA) is 121 Å². The first-order valence-corrected chi connectivity index (χ1v) is 6.18. The molecule has 96 valence electrons. The van der Waals surface area contributed by atoms with Gasteiger partial charge in [-0.3, -0.25) is 9.78 Å². The lowest BCUT2D eigenvalue weighted by Gasteiger charge is -2.07. The highest BCUT2D eigenvalue weighted by molar-refractivity contribution is 7.89. The summed E-state index contributed by atoms with van der Waals surface area (Å²) >= 11 is 0. The van der Waals surface area contributed by atoms with E-state index < -0.39 is 26.2 Å². The predicted octanol–water partition coefficient (Wildman–Crippen LogP) is -1.70. The minimum absolute atomic E-state index is 0.0105. The first-order valence-electron chi connectivity index (χ1n) is 4.70. The molecule has 1 aromatic heterocycles. The number of rotatable bonds is 5. The van der Waals surface area contributed by atoms with E-state index >= 15 is 0 Å². The number of methoxy groups -OCH3 is 1. The first kappa shape index (κ1) is 13.6. The van der Waals surface area contributed by atoms with E-state index in [9.17, 15) is 18.0 Å². The summed E-state index contributed by atoms with van der Waals surface area (Å²) in [6, 6.07) is 0. The molecule has 0 saturated carbocycles. The largest absolute Gasteiger partial charge is 0.383 e. The molecule has 8 nitrogen and oxygen atoms in total. The van der Waals surface area contributed by atoms with Crippen molar-refractivity contribution in [2.24, 2.45) is 0 Å². The zero-order chi connectivity index (χ0) is 13.1. The smallest absolute Gasteiger partial charge is 0.325 e. The Bertz CT molecular complexity index is 600. The lowest BCUT2D eigenvalue weighted by atomic mass is 10.4. The summed E-state index contributed by atoms with van der Waals surface area (Å²) in [5.74, 6) is 0. The molecule has 0 atom stereocenters. The van der Waals surface area contributed by atoms with Crippen LogP contribution in [0.1, 0.15) is 5.69 Å². The second-order valence-corrected chi connectivity index (χ2v) is 4.96. The van der Waals surface area contributed by atoms with Gasteiger partial charge in [0.1, 0.15) is 0 Å². The number of sulfonamides is 1. The highest BCUT2D eigenvalue weighted by atomic mass is 32.2. The van der Waals surface area contributed by atoms with E-state index in [1.807, 2.05) is 4.98 Å². The van der Waals surface area contributed by atoms with Gasteiger partial charge >= 0.3 is 5.69 Å². The van der Waals surface area contributed by atoms with Gasteiger partial charge in [-0.05, 0) is 6.92 Å². The Morgan fingerprint density at radius 3 is 2.47 bits per heavy atom. The van der Waals surface area contributed by atoms with Gasteiger partial charge in [-0.25, -0.2) is 17.9 Å². The molecule has 0 amide bonds. The van der Waals surface area contributed by atoms with Crippen molar-refractivity contribution < 1.29 is 13.2 Å². The third kappa shape index (κ3) is 3.25. The number of nitrogens with one attached hydrogen (secondary N) is 3. The maximum Gasteiger partial charge on any atom is 0.325 e. The normalized spacial score (nSPS) is 11.6. The van der Waals surface area contributed by atoms with Crippen molar-refractivity contribution in [2.45, 2.75) is 11.8 Å². The van der Waals surface area contributed by atoms with E-state index in [1.165, 1.54) is 14.0 Å². The van der Waals surface area contributed by atoms with Gasteiger partial charge in [0.25, 0.3) is 5.56 Å². The molecule has 9 heteroatoms. The van der Waals surface area contributed by atoms with Crippen molar-refractivity contribution in [2.75, 3.05) is 20.3 Å². The Kier molecular flexibility index (Phi) is 4.21. The van der Waals surface area contributed by atoms with Gasteiger partial charge in [-0.15, -0.1) is 0 Å². The molecule has 0 unspecified atom stereocenters. The zero-order valence-corrected chi connectivity index (χ0v) is 10.2. The summed E-state index contributed by atoms with van der Waals surface area (Å²) < 4.78 is 30.4. The van der Waals surface area contributed by atoms with Gasteiger partial charge in [0.05, 0.1) is 6.61 Å². The molecule has 0 fully saturated rings. The molecule has 0 aliphatic carbocycles. The highest BCUT2D eigenvalue weighted by Gasteiger charge is 2.21.